The topological polar surface area (TPSA) is 55.9 Å². The van der Waals surface area contributed by atoms with Gasteiger partial charge in [-0.2, -0.15) is 0 Å². The van der Waals surface area contributed by atoms with Gasteiger partial charge in [0.15, 0.2) is 0 Å². The summed E-state index contributed by atoms with van der Waals surface area (Å²) in [6.07, 6.45) is 2.71. The Kier molecular flexibility index (Phi) is 9.84. The SMILES string of the molecule is O=C(NCCCN1CCN(c2ccccc2F)CC1)c1ccc(C=C2Sc3ccccc3N(Cc3cccc(Cl)c3)C2=O)cc1. The molecule has 4 aromatic carbocycles. The van der Waals surface area contributed by atoms with Gasteiger partial charge in [-0.15, -0.1) is 0 Å². The number of anilines is 2. The van der Waals surface area contributed by atoms with E-state index in [1.165, 1.54) is 17.8 Å². The summed E-state index contributed by atoms with van der Waals surface area (Å²) in [4.78, 5) is 34.3. The minimum Gasteiger partial charge on any atom is -0.367 e. The Balaban J connectivity index is 1.01. The molecule has 0 unspecified atom stereocenters. The molecule has 0 spiro atoms. The maximum Gasteiger partial charge on any atom is 0.265 e. The van der Waals surface area contributed by atoms with Crippen LogP contribution in [-0.2, 0) is 11.3 Å². The van der Waals surface area contributed by atoms with Crippen LogP contribution in [0.3, 0.4) is 0 Å². The molecule has 2 aliphatic rings. The van der Waals surface area contributed by atoms with Crippen LogP contribution in [0, 0.1) is 5.82 Å². The molecule has 230 valence electrons. The molecular weight excluding hydrogens is 607 g/mol. The average molecular weight is 641 g/mol. The van der Waals surface area contributed by atoms with E-state index in [1.807, 2.05) is 78.9 Å². The molecular formula is C36H34ClFN4O2S. The third-order valence-electron chi connectivity index (χ3n) is 8.03. The molecule has 0 bridgehead atoms. The molecule has 6 nitrogen and oxygen atoms in total. The standard InChI is InChI=1S/C36H34ClFN4O2S/c37-29-8-5-7-27(23-29)25-42-32-11-3-4-12-33(32)45-34(36(42)44)24-26-13-15-28(16-14-26)35(43)39-17-6-18-40-19-21-41(22-20-40)31-10-2-1-9-30(31)38/h1-5,7-16,23-24H,6,17-22,25H2,(H,39,43). The molecule has 6 rings (SSSR count). The van der Waals surface area contributed by atoms with Gasteiger partial charge in [0.2, 0.25) is 0 Å². The van der Waals surface area contributed by atoms with Gasteiger partial charge < -0.3 is 15.1 Å². The lowest BCUT2D eigenvalue weighted by atomic mass is 10.1. The molecule has 0 radical (unpaired) electrons. The Labute approximate surface area is 272 Å². The van der Waals surface area contributed by atoms with Crippen LogP contribution in [0.1, 0.15) is 27.9 Å². The molecule has 1 saturated heterocycles. The minimum absolute atomic E-state index is 0.0749. The summed E-state index contributed by atoms with van der Waals surface area (Å²) in [5, 5.41) is 3.65. The van der Waals surface area contributed by atoms with Crippen molar-refractivity contribution < 1.29 is 14.0 Å². The fourth-order valence-electron chi connectivity index (χ4n) is 5.65. The number of amides is 2. The van der Waals surface area contributed by atoms with Crippen LogP contribution in [0.25, 0.3) is 6.08 Å². The van der Waals surface area contributed by atoms with Crippen molar-refractivity contribution in [3.05, 3.63) is 129 Å². The van der Waals surface area contributed by atoms with Crippen molar-refractivity contribution in [3.8, 4) is 0 Å². The number of nitrogens with zero attached hydrogens (tertiary/aromatic N) is 3. The Morgan fingerprint density at radius 3 is 2.38 bits per heavy atom. The lowest BCUT2D eigenvalue weighted by molar-refractivity contribution is -0.114. The Morgan fingerprint density at radius 2 is 1.62 bits per heavy atom. The number of hydrogen-bond donors (Lipinski definition) is 1. The smallest absolute Gasteiger partial charge is 0.265 e. The highest BCUT2D eigenvalue weighted by atomic mass is 35.5. The zero-order valence-corrected chi connectivity index (χ0v) is 26.4. The molecule has 2 amide bonds. The largest absolute Gasteiger partial charge is 0.367 e. The van der Waals surface area contributed by atoms with E-state index in [0.29, 0.717) is 34.3 Å². The molecule has 1 fully saturated rings. The number of halogens is 2. The molecule has 0 saturated carbocycles. The van der Waals surface area contributed by atoms with Crippen molar-refractivity contribution in [2.45, 2.75) is 17.9 Å². The summed E-state index contributed by atoms with van der Waals surface area (Å²) in [7, 11) is 0. The zero-order chi connectivity index (χ0) is 31.2. The third kappa shape index (κ3) is 7.59. The van der Waals surface area contributed by atoms with Crippen LogP contribution in [0.4, 0.5) is 15.8 Å². The third-order valence-corrected chi connectivity index (χ3v) is 9.35. The fraction of sp³-hybridized carbons (Fsp3) is 0.222. The first-order valence-electron chi connectivity index (χ1n) is 15.1. The summed E-state index contributed by atoms with van der Waals surface area (Å²) < 4.78 is 14.1. The summed E-state index contributed by atoms with van der Waals surface area (Å²) in [6, 6.07) is 29.7. The van der Waals surface area contributed by atoms with E-state index in [2.05, 4.69) is 15.1 Å². The molecule has 2 heterocycles. The van der Waals surface area contributed by atoms with E-state index in [9.17, 15) is 14.0 Å². The first kappa shape index (κ1) is 30.9. The normalized spacial score (nSPS) is 16.1. The lowest BCUT2D eigenvalue weighted by Gasteiger charge is -2.36. The van der Waals surface area contributed by atoms with Crippen LogP contribution < -0.4 is 15.1 Å². The highest BCUT2D eigenvalue weighted by Gasteiger charge is 2.29. The van der Waals surface area contributed by atoms with Crippen LogP contribution in [-0.4, -0.2) is 56.0 Å². The Morgan fingerprint density at radius 1 is 0.889 bits per heavy atom. The van der Waals surface area contributed by atoms with Crippen LogP contribution in [0.5, 0.6) is 0 Å². The van der Waals surface area contributed by atoms with Crippen molar-refractivity contribution in [2.75, 3.05) is 49.1 Å². The number of rotatable bonds is 9. The second-order valence-electron chi connectivity index (χ2n) is 11.1. The molecule has 9 heteroatoms. The van der Waals surface area contributed by atoms with Gasteiger partial charge in [-0.05, 0) is 78.7 Å². The average Bonchev–Trinajstić information content (AvgIpc) is 3.06. The van der Waals surface area contributed by atoms with Gasteiger partial charge >= 0.3 is 0 Å². The molecule has 45 heavy (non-hydrogen) atoms. The van der Waals surface area contributed by atoms with Crippen molar-refractivity contribution in [1.82, 2.24) is 10.2 Å². The molecule has 4 aromatic rings. The predicted molar refractivity (Wildman–Crippen MR) is 181 cm³/mol. The van der Waals surface area contributed by atoms with E-state index in [0.717, 1.165) is 60.9 Å². The molecule has 1 N–H and O–H groups in total. The molecule has 0 aliphatic carbocycles. The van der Waals surface area contributed by atoms with Crippen molar-refractivity contribution >= 4 is 52.6 Å². The van der Waals surface area contributed by atoms with Gasteiger partial charge in [-0.25, -0.2) is 4.39 Å². The number of carbonyl (C=O) groups excluding carboxylic acids is 2. The summed E-state index contributed by atoms with van der Waals surface area (Å²) in [5.74, 6) is -0.375. The van der Waals surface area contributed by atoms with Crippen LogP contribution >= 0.6 is 23.4 Å². The summed E-state index contributed by atoms with van der Waals surface area (Å²) in [6.45, 7) is 5.16. The highest BCUT2D eigenvalue weighted by Crippen LogP contribution is 2.42. The van der Waals surface area contributed by atoms with Crippen LogP contribution in [0.2, 0.25) is 5.02 Å². The van der Waals surface area contributed by atoms with Crippen LogP contribution in [0.15, 0.2) is 107 Å². The van der Waals surface area contributed by atoms with E-state index in [1.54, 1.807) is 23.1 Å². The second-order valence-corrected chi connectivity index (χ2v) is 12.6. The van der Waals surface area contributed by atoms with Gasteiger partial charge in [-0.3, -0.25) is 14.5 Å². The molecule has 0 atom stereocenters. The summed E-state index contributed by atoms with van der Waals surface area (Å²) >= 11 is 7.66. The van der Waals surface area contributed by atoms with E-state index in [-0.39, 0.29) is 17.6 Å². The summed E-state index contributed by atoms with van der Waals surface area (Å²) in [5.41, 5.74) is 3.91. The van der Waals surface area contributed by atoms with E-state index < -0.39 is 0 Å². The van der Waals surface area contributed by atoms with Gasteiger partial charge in [0.25, 0.3) is 11.8 Å². The predicted octanol–water partition coefficient (Wildman–Crippen LogP) is 7.10. The van der Waals surface area contributed by atoms with Gasteiger partial charge in [0, 0.05) is 48.2 Å². The van der Waals surface area contributed by atoms with Gasteiger partial charge in [-0.1, -0.05) is 71.9 Å². The molecule has 0 aromatic heterocycles. The zero-order valence-electron chi connectivity index (χ0n) is 24.8. The first-order valence-corrected chi connectivity index (χ1v) is 16.3. The number of para-hydroxylation sites is 2. The van der Waals surface area contributed by atoms with Gasteiger partial charge in [0.05, 0.1) is 22.8 Å². The first-order chi connectivity index (χ1) is 21.9. The monoisotopic (exact) mass is 640 g/mol. The highest BCUT2D eigenvalue weighted by molar-refractivity contribution is 8.04. The second kappa shape index (κ2) is 14.3. The molecule has 2 aliphatic heterocycles. The maximum absolute atomic E-state index is 14.1. The quantitative estimate of drug-likeness (QED) is 0.156. The number of thioether (sulfide) groups is 1. The number of benzene rings is 4. The van der Waals surface area contributed by atoms with Crippen molar-refractivity contribution in [3.63, 3.8) is 0 Å². The van der Waals surface area contributed by atoms with Crippen molar-refractivity contribution in [1.29, 1.82) is 0 Å². The number of piperazine rings is 1. The maximum atomic E-state index is 14.1. The fourth-order valence-corrected chi connectivity index (χ4v) is 6.92. The Hall–Kier alpha value is -4.11. The number of hydrogen-bond acceptors (Lipinski definition) is 5. The van der Waals surface area contributed by atoms with E-state index >= 15 is 0 Å². The van der Waals surface area contributed by atoms with Crippen molar-refractivity contribution in [2.24, 2.45) is 0 Å². The number of nitrogens with one attached hydrogen (secondary N) is 1. The van der Waals surface area contributed by atoms with E-state index in [4.69, 9.17) is 11.6 Å². The lowest BCUT2D eigenvalue weighted by Crippen LogP contribution is -2.47. The minimum atomic E-state index is -0.179. The Bertz CT molecular complexity index is 1710. The number of fused-ring (bicyclic) bond motifs is 1. The van der Waals surface area contributed by atoms with Gasteiger partial charge in [0.1, 0.15) is 5.82 Å². The number of carbonyl (C=O) groups is 2.